The second-order valence-corrected chi connectivity index (χ2v) is 4.64. The Hall–Kier alpha value is -1.81. The number of hydrogen-bond donors (Lipinski definition) is 1. The van der Waals surface area contributed by atoms with Gasteiger partial charge in [0.1, 0.15) is 17.5 Å². The Kier molecular flexibility index (Phi) is 4.79. The third-order valence-electron chi connectivity index (χ3n) is 2.98. The smallest absolute Gasteiger partial charge is 0.126 e. The zero-order valence-electron chi connectivity index (χ0n) is 11.2. The van der Waals surface area contributed by atoms with Crippen LogP contribution in [0.5, 0.6) is 0 Å². The van der Waals surface area contributed by atoms with Gasteiger partial charge in [-0.05, 0) is 53.9 Å². The van der Waals surface area contributed by atoms with Crippen LogP contribution in [0, 0.1) is 17.5 Å². The number of hydrogen-bond acceptors (Lipinski definition) is 1. The molecule has 0 aliphatic carbocycles. The van der Waals surface area contributed by atoms with Gasteiger partial charge in [0, 0.05) is 12.6 Å². The standard InChI is InChI=1S/C16H16F3N/c1-2-5-20-10-12-8-13(17)3-4-16(12)11-6-14(18)9-15(19)7-11/h3-4,6-9,20H,2,5,10H2,1H3. The summed E-state index contributed by atoms with van der Waals surface area (Å²) in [4.78, 5) is 0. The van der Waals surface area contributed by atoms with Crippen molar-refractivity contribution in [3.05, 3.63) is 59.4 Å². The van der Waals surface area contributed by atoms with Crippen LogP contribution in [-0.4, -0.2) is 6.54 Å². The highest BCUT2D eigenvalue weighted by molar-refractivity contribution is 5.67. The molecule has 0 atom stereocenters. The molecule has 4 heteroatoms. The molecule has 0 amide bonds. The lowest BCUT2D eigenvalue weighted by molar-refractivity contribution is 0.584. The Labute approximate surface area is 116 Å². The van der Waals surface area contributed by atoms with Crippen molar-refractivity contribution in [1.82, 2.24) is 5.32 Å². The van der Waals surface area contributed by atoms with Crippen molar-refractivity contribution in [2.45, 2.75) is 19.9 Å². The number of rotatable bonds is 5. The molecule has 0 aromatic heterocycles. The van der Waals surface area contributed by atoms with Gasteiger partial charge in [0.25, 0.3) is 0 Å². The molecule has 1 nitrogen and oxygen atoms in total. The molecule has 106 valence electrons. The maximum atomic E-state index is 13.4. The maximum Gasteiger partial charge on any atom is 0.126 e. The lowest BCUT2D eigenvalue weighted by atomic mass is 9.99. The fourth-order valence-electron chi connectivity index (χ4n) is 2.10. The van der Waals surface area contributed by atoms with Gasteiger partial charge in [0.15, 0.2) is 0 Å². The SMILES string of the molecule is CCCNCc1cc(F)ccc1-c1cc(F)cc(F)c1. The Morgan fingerprint density at radius 3 is 2.25 bits per heavy atom. The Morgan fingerprint density at radius 2 is 1.60 bits per heavy atom. The van der Waals surface area contributed by atoms with E-state index >= 15 is 0 Å². The van der Waals surface area contributed by atoms with Crippen molar-refractivity contribution in [3.63, 3.8) is 0 Å². The zero-order valence-corrected chi connectivity index (χ0v) is 11.2. The Bertz CT molecular complexity index is 576. The average molecular weight is 279 g/mol. The zero-order chi connectivity index (χ0) is 14.5. The summed E-state index contributed by atoms with van der Waals surface area (Å²) in [7, 11) is 0. The van der Waals surface area contributed by atoms with Gasteiger partial charge in [-0.2, -0.15) is 0 Å². The number of nitrogens with one attached hydrogen (secondary N) is 1. The third-order valence-corrected chi connectivity index (χ3v) is 2.98. The summed E-state index contributed by atoms with van der Waals surface area (Å²) in [6, 6.07) is 7.55. The first-order valence-corrected chi connectivity index (χ1v) is 6.55. The summed E-state index contributed by atoms with van der Waals surface area (Å²) < 4.78 is 40.0. The normalized spacial score (nSPS) is 10.8. The highest BCUT2D eigenvalue weighted by Crippen LogP contribution is 2.26. The summed E-state index contributed by atoms with van der Waals surface area (Å²) in [6.45, 7) is 3.29. The molecule has 0 spiro atoms. The summed E-state index contributed by atoms with van der Waals surface area (Å²) in [5, 5.41) is 3.16. The molecule has 2 aromatic carbocycles. The molecule has 0 saturated carbocycles. The van der Waals surface area contributed by atoms with Crippen molar-refractivity contribution < 1.29 is 13.2 Å². The van der Waals surface area contributed by atoms with Crippen LogP contribution in [0.2, 0.25) is 0 Å². The lowest BCUT2D eigenvalue weighted by Crippen LogP contribution is -2.14. The molecular weight excluding hydrogens is 263 g/mol. The molecule has 0 saturated heterocycles. The molecule has 0 heterocycles. The van der Waals surface area contributed by atoms with Gasteiger partial charge < -0.3 is 5.32 Å². The van der Waals surface area contributed by atoms with E-state index in [0.717, 1.165) is 19.0 Å². The molecular formula is C16H16F3N. The van der Waals surface area contributed by atoms with E-state index < -0.39 is 11.6 Å². The van der Waals surface area contributed by atoms with E-state index in [2.05, 4.69) is 5.32 Å². The molecule has 1 N–H and O–H groups in total. The summed E-state index contributed by atoms with van der Waals surface area (Å²) in [6.07, 6.45) is 0.958. The fraction of sp³-hybridized carbons (Fsp3) is 0.250. The van der Waals surface area contributed by atoms with Crippen molar-refractivity contribution in [1.29, 1.82) is 0 Å². The average Bonchev–Trinajstić information content (AvgIpc) is 2.38. The molecule has 0 radical (unpaired) electrons. The summed E-state index contributed by atoms with van der Waals surface area (Å²) in [5.74, 6) is -1.65. The minimum Gasteiger partial charge on any atom is -0.313 e. The molecule has 0 aliphatic heterocycles. The quantitative estimate of drug-likeness (QED) is 0.806. The third kappa shape index (κ3) is 3.61. The van der Waals surface area contributed by atoms with Crippen LogP contribution < -0.4 is 5.32 Å². The molecule has 0 aliphatic rings. The molecule has 0 fully saturated rings. The van der Waals surface area contributed by atoms with E-state index in [0.29, 0.717) is 23.2 Å². The van der Waals surface area contributed by atoms with Crippen molar-refractivity contribution >= 4 is 0 Å². The van der Waals surface area contributed by atoms with Gasteiger partial charge in [-0.1, -0.05) is 13.0 Å². The van der Waals surface area contributed by atoms with Crippen LogP contribution in [0.15, 0.2) is 36.4 Å². The van der Waals surface area contributed by atoms with Crippen LogP contribution in [0.1, 0.15) is 18.9 Å². The Morgan fingerprint density at radius 1 is 0.900 bits per heavy atom. The minimum absolute atomic E-state index is 0.362. The van der Waals surface area contributed by atoms with Crippen LogP contribution >= 0.6 is 0 Å². The van der Waals surface area contributed by atoms with Crippen LogP contribution in [0.3, 0.4) is 0 Å². The first kappa shape index (κ1) is 14.6. The van der Waals surface area contributed by atoms with E-state index in [1.807, 2.05) is 6.92 Å². The van der Waals surface area contributed by atoms with E-state index in [1.54, 1.807) is 6.07 Å². The molecule has 2 rings (SSSR count). The first-order valence-electron chi connectivity index (χ1n) is 6.55. The van der Waals surface area contributed by atoms with E-state index in [9.17, 15) is 13.2 Å². The highest BCUT2D eigenvalue weighted by Gasteiger charge is 2.09. The molecule has 20 heavy (non-hydrogen) atoms. The highest BCUT2D eigenvalue weighted by atomic mass is 19.1. The number of benzene rings is 2. The summed E-state index contributed by atoms with van der Waals surface area (Å²) >= 11 is 0. The van der Waals surface area contributed by atoms with Gasteiger partial charge in [-0.3, -0.25) is 0 Å². The monoisotopic (exact) mass is 279 g/mol. The maximum absolute atomic E-state index is 13.4. The van der Waals surface area contributed by atoms with E-state index in [4.69, 9.17) is 0 Å². The van der Waals surface area contributed by atoms with E-state index in [1.165, 1.54) is 24.3 Å². The van der Waals surface area contributed by atoms with Gasteiger partial charge in [-0.15, -0.1) is 0 Å². The molecule has 0 unspecified atom stereocenters. The van der Waals surface area contributed by atoms with Crippen molar-refractivity contribution in [3.8, 4) is 11.1 Å². The van der Waals surface area contributed by atoms with Crippen LogP contribution in [-0.2, 0) is 6.54 Å². The van der Waals surface area contributed by atoms with Gasteiger partial charge >= 0.3 is 0 Å². The Balaban J connectivity index is 2.39. The van der Waals surface area contributed by atoms with Gasteiger partial charge in [-0.25, -0.2) is 13.2 Å². The molecule has 2 aromatic rings. The molecule has 0 bridgehead atoms. The van der Waals surface area contributed by atoms with E-state index in [-0.39, 0.29) is 5.82 Å². The first-order chi connectivity index (χ1) is 9.60. The lowest BCUT2D eigenvalue weighted by Gasteiger charge is -2.11. The van der Waals surface area contributed by atoms with Crippen LogP contribution in [0.4, 0.5) is 13.2 Å². The van der Waals surface area contributed by atoms with Crippen molar-refractivity contribution in [2.24, 2.45) is 0 Å². The van der Waals surface area contributed by atoms with Crippen molar-refractivity contribution in [2.75, 3.05) is 6.54 Å². The minimum atomic E-state index is -0.642. The predicted octanol–water partition coefficient (Wildman–Crippen LogP) is 4.27. The van der Waals surface area contributed by atoms with Crippen LogP contribution in [0.25, 0.3) is 11.1 Å². The predicted molar refractivity (Wildman–Crippen MR) is 73.7 cm³/mol. The fourth-order valence-corrected chi connectivity index (χ4v) is 2.10. The number of halogens is 3. The topological polar surface area (TPSA) is 12.0 Å². The summed E-state index contributed by atoms with van der Waals surface area (Å²) in [5.41, 5.74) is 1.73. The second kappa shape index (κ2) is 6.57. The second-order valence-electron chi connectivity index (χ2n) is 4.64. The van der Waals surface area contributed by atoms with Gasteiger partial charge in [0.05, 0.1) is 0 Å². The van der Waals surface area contributed by atoms with Gasteiger partial charge in [0.2, 0.25) is 0 Å². The largest absolute Gasteiger partial charge is 0.313 e.